The van der Waals surface area contributed by atoms with Crippen LogP contribution in [0.5, 0.6) is 0 Å². The summed E-state index contributed by atoms with van der Waals surface area (Å²) in [5, 5.41) is 23.6. The Labute approximate surface area is 273 Å². The van der Waals surface area contributed by atoms with Gasteiger partial charge in [-0.3, -0.25) is 0 Å². The van der Waals surface area contributed by atoms with Crippen LogP contribution < -0.4 is 0 Å². The lowest BCUT2D eigenvalue weighted by molar-refractivity contribution is 1.17. The number of nitrogens with zero attached hydrogens (tertiary/aromatic N) is 3. The van der Waals surface area contributed by atoms with Gasteiger partial charge in [-0.25, -0.2) is 0 Å². The van der Waals surface area contributed by atoms with E-state index >= 15 is 0 Å². The first-order chi connectivity index (χ1) is 23.2. The summed E-state index contributed by atoms with van der Waals surface area (Å²) in [6.07, 6.45) is 0. The Hall–Kier alpha value is -6.68. The lowest BCUT2D eigenvalue weighted by Crippen LogP contribution is -2.05. The quantitative estimate of drug-likeness (QED) is 0.198. The Balaban J connectivity index is 1.53. The molecule has 3 heteroatoms. The smallest absolute Gasteiger partial charge is 0.102 e. The van der Waals surface area contributed by atoms with Gasteiger partial charge in [-0.15, -0.1) is 0 Å². The van der Waals surface area contributed by atoms with Crippen LogP contribution in [0.4, 0.5) is 0 Å². The third-order valence-electron chi connectivity index (χ3n) is 8.88. The molecule has 0 aliphatic heterocycles. The molecule has 8 rings (SSSR count). The van der Waals surface area contributed by atoms with E-state index < -0.39 is 0 Å². The monoisotopic (exact) mass is 597 g/mol. The highest BCUT2D eigenvalue weighted by Crippen LogP contribution is 2.44. The first-order valence-corrected chi connectivity index (χ1v) is 15.6. The van der Waals surface area contributed by atoms with Crippen molar-refractivity contribution >= 4 is 21.8 Å². The van der Waals surface area contributed by atoms with Crippen LogP contribution in [0.1, 0.15) is 11.1 Å². The average Bonchev–Trinajstić information content (AvgIpc) is 3.48. The van der Waals surface area contributed by atoms with Gasteiger partial charge in [-0.1, -0.05) is 133 Å². The number of hydrogen-bond donors (Lipinski definition) is 0. The second-order valence-corrected chi connectivity index (χ2v) is 11.6. The molecule has 0 unspecified atom stereocenters. The van der Waals surface area contributed by atoms with Crippen LogP contribution in [0.2, 0.25) is 0 Å². The number of nitriles is 2. The minimum Gasteiger partial charge on any atom is -0.307 e. The predicted molar refractivity (Wildman–Crippen MR) is 192 cm³/mol. The molecule has 7 aromatic carbocycles. The number of hydrogen-bond acceptors (Lipinski definition) is 2. The third kappa shape index (κ3) is 4.75. The standard InChI is InChI=1S/C44H27N3/c45-28-36-27-37(32-17-9-3-10-18-32)44(40(29-46)43(36)33-19-11-4-12-20-33)47-41-23-21-34(30-13-5-1-6-14-30)25-38(41)39-26-35(22-24-42(39)47)31-15-7-2-8-16-31/h1-27H. The largest absolute Gasteiger partial charge is 0.307 e. The van der Waals surface area contributed by atoms with Gasteiger partial charge in [0.15, 0.2) is 0 Å². The van der Waals surface area contributed by atoms with Crippen molar-refractivity contribution in [1.82, 2.24) is 4.57 Å². The fourth-order valence-electron chi connectivity index (χ4n) is 6.73. The van der Waals surface area contributed by atoms with E-state index in [4.69, 9.17) is 0 Å². The maximum atomic E-state index is 11.0. The zero-order valence-electron chi connectivity index (χ0n) is 25.4. The molecule has 0 bridgehead atoms. The van der Waals surface area contributed by atoms with Gasteiger partial charge >= 0.3 is 0 Å². The van der Waals surface area contributed by atoms with Gasteiger partial charge in [0.2, 0.25) is 0 Å². The fourth-order valence-corrected chi connectivity index (χ4v) is 6.73. The van der Waals surface area contributed by atoms with Gasteiger partial charge in [0.1, 0.15) is 6.07 Å². The number of rotatable bonds is 5. The van der Waals surface area contributed by atoms with Crippen LogP contribution in [0, 0.1) is 22.7 Å². The zero-order valence-corrected chi connectivity index (χ0v) is 25.4. The summed E-state index contributed by atoms with van der Waals surface area (Å²) in [6.45, 7) is 0. The predicted octanol–water partition coefficient (Wildman–Crippen LogP) is 11.2. The van der Waals surface area contributed by atoms with Crippen molar-refractivity contribution in [2.75, 3.05) is 0 Å². The van der Waals surface area contributed by atoms with E-state index in [9.17, 15) is 10.5 Å². The minimum atomic E-state index is 0.465. The second-order valence-electron chi connectivity index (χ2n) is 11.6. The zero-order chi connectivity index (χ0) is 31.7. The normalized spacial score (nSPS) is 10.9. The molecule has 0 saturated carbocycles. The molecule has 0 saturated heterocycles. The third-order valence-corrected chi connectivity index (χ3v) is 8.88. The lowest BCUT2D eigenvalue weighted by atomic mass is 9.88. The summed E-state index contributed by atoms with van der Waals surface area (Å²) in [5.74, 6) is 0. The molecule has 0 N–H and O–H groups in total. The Kier molecular flexibility index (Phi) is 6.92. The lowest BCUT2D eigenvalue weighted by Gasteiger charge is -2.20. The van der Waals surface area contributed by atoms with Crippen molar-refractivity contribution < 1.29 is 0 Å². The highest BCUT2D eigenvalue weighted by atomic mass is 15.0. The number of fused-ring (bicyclic) bond motifs is 3. The molecule has 1 aromatic heterocycles. The van der Waals surface area contributed by atoms with Crippen molar-refractivity contribution in [3.63, 3.8) is 0 Å². The molecule has 3 nitrogen and oxygen atoms in total. The highest BCUT2D eigenvalue weighted by molar-refractivity contribution is 6.12. The molecule has 0 spiro atoms. The molecule has 0 aliphatic rings. The van der Waals surface area contributed by atoms with E-state index in [1.54, 1.807) is 0 Å². The van der Waals surface area contributed by atoms with Crippen molar-refractivity contribution in [3.05, 3.63) is 175 Å². The van der Waals surface area contributed by atoms with Gasteiger partial charge in [-0.05, 0) is 63.7 Å². The Morgan fingerprint density at radius 2 is 0.851 bits per heavy atom. The summed E-state index contributed by atoms with van der Waals surface area (Å²) in [6, 6.07) is 60.7. The van der Waals surface area contributed by atoms with Gasteiger partial charge in [0.25, 0.3) is 0 Å². The first-order valence-electron chi connectivity index (χ1n) is 15.6. The molecule has 47 heavy (non-hydrogen) atoms. The van der Waals surface area contributed by atoms with Gasteiger partial charge in [0, 0.05) is 21.9 Å². The van der Waals surface area contributed by atoms with Crippen molar-refractivity contribution in [2.24, 2.45) is 0 Å². The maximum Gasteiger partial charge on any atom is 0.102 e. The molecule has 0 atom stereocenters. The number of benzene rings is 7. The van der Waals surface area contributed by atoms with Crippen LogP contribution >= 0.6 is 0 Å². The van der Waals surface area contributed by atoms with Crippen LogP contribution in [0.3, 0.4) is 0 Å². The van der Waals surface area contributed by atoms with Crippen molar-refractivity contribution in [2.45, 2.75) is 0 Å². The Bertz CT molecular complexity index is 2400. The van der Waals surface area contributed by atoms with E-state index in [1.165, 1.54) is 0 Å². The molecular weight excluding hydrogens is 571 g/mol. The molecule has 218 valence electrons. The highest BCUT2D eigenvalue weighted by Gasteiger charge is 2.25. The summed E-state index contributed by atoms with van der Waals surface area (Å²) >= 11 is 0. The minimum absolute atomic E-state index is 0.465. The van der Waals surface area contributed by atoms with E-state index in [1.807, 2.05) is 78.9 Å². The van der Waals surface area contributed by atoms with E-state index in [-0.39, 0.29) is 0 Å². The summed E-state index contributed by atoms with van der Waals surface area (Å²) in [7, 11) is 0. The van der Waals surface area contributed by atoms with E-state index in [0.29, 0.717) is 16.7 Å². The first kappa shape index (κ1) is 27.8. The summed E-state index contributed by atoms with van der Waals surface area (Å²) in [4.78, 5) is 0. The van der Waals surface area contributed by atoms with Crippen LogP contribution in [0.15, 0.2) is 164 Å². The van der Waals surface area contributed by atoms with Gasteiger partial charge in [0.05, 0.1) is 33.9 Å². The molecule has 0 aliphatic carbocycles. The topological polar surface area (TPSA) is 52.5 Å². The Morgan fingerprint density at radius 1 is 0.404 bits per heavy atom. The van der Waals surface area contributed by atoms with Crippen LogP contribution in [0.25, 0.3) is 72.0 Å². The molecule has 8 aromatic rings. The average molecular weight is 598 g/mol. The van der Waals surface area contributed by atoms with E-state index in [2.05, 4.69) is 102 Å². The van der Waals surface area contributed by atoms with Gasteiger partial charge < -0.3 is 4.57 Å². The molecule has 0 fully saturated rings. The second kappa shape index (κ2) is 11.7. The van der Waals surface area contributed by atoms with Gasteiger partial charge in [-0.2, -0.15) is 10.5 Å². The maximum absolute atomic E-state index is 11.0. The molecule has 1 heterocycles. The molecule has 0 amide bonds. The van der Waals surface area contributed by atoms with Crippen LogP contribution in [-0.2, 0) is 0 Å². The van der Waals surface area contributed by atoms with Crippen molar-refractivity contribution in [1.29, 1.82) is 10.5 Å². The fraction of sp³-hybridized carbons (Fsp3) is 0. The molecule has 0 radical (unpaired) electrons. The summed E-state index contributed by atoms with van der Waals surface area (Å²) in [5.41, 5.74) is 11.4. The summed E-state index contributed by atoms with van der Waals surface area (Å²) < 4.78 is 2.22. The van der Waals surface area contributed by atoms with Crippen LogP contribution in [-0.4, -0.2) is 4.57 Å². The number of aromatic nitrogens is 1. The molecular formula is C44H27N3. The van der Waals surface area contributed by atoms with E-state index in [0.717, 1.165) is 66.4 Å². The Morgan fingerprint density at radius 3 is 1.30 bits per heavy atom. The van der Waals surface area contributed by atoms with Crippen molar-refractivity contribution in [3.8, 4) is 62.3 Å². The SMILES string of the molecule is N#Cc1cc(-c2ccccc2)c(-n2c3ccc(-c4ccccc4)cc3c3cc(-c4ccccc4)ccc32)c(C#N)c1-c1ccccc1.